The highest BCUT2D eigenvalue weighted by Crippen LogP contribution is 2.18. The molecule has 0 fully saturated rings. The van der Waals surface area contributed by atoms with Crippen LogP contribution in [0, 0.1) is 5.82 Å². The summed E-state index contributed by atoms with van der Waals surface area (Å²) in [4.78, 5) is 23.3. The first-order valence-corrected chi connectivity index (χ1v) is 6.73. The summed E-state index contributed by atoms with van der Waals surface area (Å²) in [6.45, 7) is -0.247. The number of esters is 1. The molecule has 6 heteroatoms. The maximum atomic E-state index is 13.6. The molecule has 0 saturated heterocycles. The fraction of sp³-hybridized carbons (Fsp3) is 0.176. The van der Waals surface area contributed by atoms with Crippen molar-refractivity contribution in [2.24, 2.45) is 0 Å². The maximum Gasteiger partial charge on any atom is 0.337 e. The van der Waals surface area contributed by atoms with Crippen LogP contribution in [0.3, 0.4) is 0 Å². The summed E-state index contributed by atoms with van der Waals surface area (Å²) in [7, 11) is 2.64. The third-order valence-electron chi connectivity index (χ3n) is 3.12. The minimum Gasteiger partial charge on any atom is -0.494 e. The molecule has 0 atom stereocenters. The minimum absolute atomic E-state index is 0.0702. The highest BCUT2D eigenvalue weighted by atomic mass is 19.1. The number of hydrogen-bond acceptors (Lipinski definition) is 5. The fourth-order valence-corrected chi connectivity index (χ4v) is 1.88. The van der Waals surface area contributed by atoms with E-state index in [2.05, 4.69) is 4.74 Å². The van der Waals surface area contributed by atoms with E-state index >= 15 is 0 Å². The first kappa shape index (κ1) is 16.5. The van der Waals surface area contributed by atoms with Gasteiger partial charge >= 0.3 is 5.97 Å². The van der Waals surface area contributed by atoms with Crippen LogP contribution >= 0.6 is 0 Å². The standard InChI is InChI=1S/C17H15FO5/c1-21-16-8-5-12(9-14(16)18)15(19)10-23-13-6-3-11(4-7-13)17(20)22-2/h3-9H,10H2,1-2H3. The molecule has 5 nitrogen and oxygen atoms in total. The molecule has 0 bridgehead atoms. The number of methoxy groups -OCH3 is 2. The molecule has 0 amide bonds. The van der Waals surface area contributed by atoms with Crippen LogP contribution in [0.1, 0.15) is 20.7 Å². The molecule has 0 unspecified atom stereocenters. The molecule has 2 aromatic carbocycles. The fourth-order valence-electron chi connectivity index (χ4n) is 1.88. The Labute approximate surface area is 132 Å². The van der Waals surface area contributed by atoms with Crippen LogP contribution in [-0.2, 0) is 4.74 Å². The number of carbonyl (C=O) groups excluding carboxylic acids is 2. The van der Waals surface area contributed by atoms with Crippen LogP contribution in [0.25, 0.3) is 0 Å². The van der Waals surface area contributed by atoms with Gasteiger partial charge in [0, 0.05) is 5.56 Å². The summed E-state index contributed by atoms with van der Waals surface area (Å²) < 4.78 is 28.3. The number of Topliss-reactive ketones (excluding diaryl/α,β-unsaturated/α-hetero) is 1. The first-order chi connectivity index (χ1) is 11.0. The number of carbonyl (C=O) groups is 2. The van der Waals surface area contributed by atoms with E-state index in [9.17, 15) is 14.0 Å². The SMILES string of the molecule is COC(=O)c1ccc(OCC(=O)c2ccc(OC)c(F)c2)cc1. The van der Waals surface area contributed by atoms with E-state index in [1.807, 2.05) is 0 Å². The van der Waals surface area contributed by atoms with E-state index in [0.29, 0.717) is 11.3 Å². The van der Waals surface area contributed by atoms with E-state index in [1.165, 1.54) is 38.5 Å². The third-order valence-corrected chi connectivity index (χ3v) is 3.12. The van der Waals surface area contributed by atoms with Crippen molar-refractivity contribution < 1.29 is 28.2 Å². The van der Waals surface area contributed by atoms with E-state index in [4.69, 9.17) is 9.47 Å². The van der Waals surface area contributed by atoms with Crippen molar-refractivity contribution in [3.63, 3.8) is 0 Å². The second-order valence-corrected chi connectivity index (χ2v) is 4.58. The molecule has 0 aliphatic carbocycles. The van der Waals surface area contributed by atoms with Crippen LogP contribution in [0.15, 0.2) is 42.5 Å². The van der Waals surface area contributed by atoms with Gasteiger partial charge < -0.3 is 14.2 Å². The van der Waals surface area contributed by atoms with Crippen molar-refractivity contribution in [3.8, 4) is 11.5 Å². The molecule has 0 radical (unpaired) electrons. The van der Waals surface area contributed by atoms with Gasteiger partial charge in [-0.25, -0.2) is 9.18 Å². The van der Waals surface area contributed by atoms with Crippen LogP contribution in [-0.4, -0.2) is 32.6 Å². The second kappa shape index (κ2) is 7.40. The Kier molecular flexibility index (Phi) is 5.30. The topological polar surface area (TPSA) is 61.8 Å². The zero-order valence-corrected chi connectivity index (χ0v) is 12.7. The van der Waals surface area contributed by atoms with Crippen molar-refractivity contribution in [1.29, 1.82) is 0 Å². The van der Waals surface area contributed by atoms with Crippen molar-refractivity contribution in [2.75, 3.05) is 20.8 Å². The Morgan fingerprint density at radius 3 is 2.22 bits per heavy atom. The summed E-state index contributed by atoms with van der Waals surface area (Å²) in [5, 5.41) is 0. The number of rotatable bonds is 6. The van der Waals surface area contributed by atoms with E-state index in [1.54, 1.807) is 12.1 Å². The lowest BCUT2D eigenvalue weighted by atomic mass is 10.1. The van der Waals surface area contributed by atoms with Gasteiger partial charge in [0.25, 0.3) is 0 Å². The lowest BCUT2D eigenvalue weighted by molar-refractivity contribution is 0.0600. The van der Waals surface area contributed by atoms with Crippen molar-refractivity contribution >= 4 is 11.8 Å². The zero-order valence-electron chi connectivity index (χ0n) is 12.7. The van der Waals surface area contributed by atoms with E-state index in [-0.39, 0.29) is 23.7 Å². The van der Waals surface area contributed by atoms with Crippen molar-refractivity contribution in [2.45, 2.75) is 0 Å². The number of benzene rings is 2. The van der Waals surface area contributed by atoms with Gasteiger partial charge in [0.15, 0.2) is 24.0 Å². The first-order valence-electron chi connectivity index (χ1n) is 6.73. The van der Waals surface area contributed by atoms with E-state index < -0.39 is 11.8 Å². The molecule has 0 aromatic heterocycles. The monoisotopic (exact) mass is 318 g/mol. The molecule has 0 aliphatic heterocycles. The molecule has 0 saturated carbocycles. The minimum atomic E-state index is -0.610. The Hall–Kier alpha value is -2.89. The average Bonchev–Trinajstić information content (AvgIpc) is 2.59. The maximum absolute atomic E-state index is 13.6. The highest BCUT2D eigenvalue weighted by molar-refractivity contribution is 5.97. The lowest BCUT2D eigenvalue weighted by Gasteiger charge is -2.07. The quantitative estimate of drug-likeness (QED) is 0.605. The molecule has 2 aromatic rings. The summed E-state index contributed by atoms with van der Waals surface area (Å²) in [5.74, 6) is -0.952. The van der Waals surface area contributed by atoms with Gasteiger partial charge in [-0.3, -0.25) is 4.79 Å². The van der Waals surface area contributed by atoms with Gasteiger partial charge in [-0.1, -0.05) is 0 Å². The molecule has 0 heterocycles. The molecule has 2 rings (SSSR count). The van der Waals surface area contributed by atoms with Gasteiger partial charge in [-0.15, -0.1) is 0 Å². The average molecular weight is 318 g/mol. The molecule has 0 spiro atoms. The summed E-state index contributed by atoms with van der Waals surface area (Å²) in [6, 6.07) is 10.1. The largest absolute Gasteiger partial charge is 0.494 e. The number of halogens is 1. The Balaban J connectivity index is 1.99. The molecule has 0 aliphatic rings. The Morgan fingerprint density at radius 2 is 1.65 bits per heavy atom. The molecule has 120 valence electrons. The normalized spacial score (nSPS) is 10.0. The van der Waals surface area contributed by atoms with E-state index in [0.717, 1.165) is 6.07 Å². The highest BCUT2D eigenvalue weighted by Gasteiger charge is 2.11. The summed E-state index contributed by atoms with van der Waals surface area (Å²) in [6.07, 6.45) is 0. The smallest absolute Gasteiger partial charge is 0.337 e. The number of hydrogen-bond donors (Lipinski definition) is 0. The summed E-state index contributed by atoms with van der Waals surface area (Å²) >= 11 is 0. The van der Waals surface area contributed by atoms with Crippen LogP contribution < -0.4 is 9.47 Å². The predicted molar refractivity (Wildman–Crippen MR) is 80.6 cm³/mol. The van der Waals surface area contributed by atoms with Crippen molar-refractivity contribution in [3.05, 3.63) is 59.4 Å². The molecule has 23 heavy (non-hydrogen) atoms. The third kappa shape index (κ3) is 4.06. The van der Waals surface area contributed by atoms with Gasteiger partial charge in [0.1, 0.15) is 5.75 Å². The predicted octanol–water partition coefficient (Wildman–Crippen LogP) is 2.88. The molecular formula is C17H15FO5. The number of ketones is 1. The number of ether oxygens (including phenoxy) is 3. The van der Waals surface area contributed by atoms with Gasteiger partial charge in [0.2, 0.25) is 0 Å². The van der Waals surface area contributed by atoms with Crippen LogP contribution in [0.5, 0.6) is 11.5 Å². The zero-order chi connectivity index (χ0) is 16.8. The molecular weight excluding hydrogens is 303 g/mol. The second-order valence-electron chi connectivity index (χ2n) is 4.58. The Bertz CT molecular complexity index is 709. The van der Waals surface area contributed by atoms with Gasteiger partial charge in [-0.2, -0.15) is 0 Å². The van der Waals surface area contributed by atoms with Gasteiger partial charge in [0.05, 0.1) is 19.8 Å². The van der Waals surface area contributed by atoms with Gasteiger partial charge in [-0.05, 0) is 42.5 Å². The van der Waals surface area contributed by atoms with Crippen LogP contribution in [0.2, 0.25) is 0 Å². The lowest BCUT2D eigenvalue weighted by Crippen LogP contribution is -2.12. The summed E-state index contributed by atoms with van der Waals surface area (Å²) in [5.41, 5.74) is 0.567. The van der Waals surface area contributed by atoms with Crippen LogP contribution in [0.4, 0.5) is 4.39 Å². The Morgan fingerprint density at radius 1 is 1.00 bits per heavy atom. The van der Waals surface area contributed by atoms with Crippen molar-refractivity contribution in [1.82, 2.24) is 0 Å². The molecule has 0 N–H and O–H groups in total.